The highest BCUT2D eigenvalue weighted by Crippen LogP contribution is 2.30. The molecule has 8 nitrogen and oxygen atoms in total. The third-order valence-electron chi connectivity index (χ3n) is 5.57. The number of benzene rings is 3. The number of carbonyl (C=O) groups excluding carboxylic acids is 1. The van der Waals surface area contributed by atoms with Gasteiger partial charge in [0.1, 0.15) is 11.3 Å². The fraction of sp³-hybridized carbons (Fsp3) is 0.111. The van der Waals surface area contributed by atoms with Gasteiger partial charge in [0.2, 0.25) is 5.82 Å². The van der Waals surface area contributed by atoms with Gasteiger partial charge in [0, 0.05) is 10.4 Å². The van der Waals surface area contributed by atoms with Crippen molar-refractivity contribution in [3.05, 3.63) is 92.1 Å². The molecule has 0 fully saturated rings. The maximum atomic E-state index is 13.4. The molecule has 0 aliphatic carbocycles. The first kappa shape index (κ1) is 24.7. The van der Waals surface area contributed by atoms with E-state index < -0.39 is 12.1 Å². The molecule has 0 radical (unpaired) electrons. The summed E-state index contributed by atoms with van der Waals surface area (Å²) < 4.78 is 18.1. The van der Waals surface area contributed by atoms with Gasteiger partial charge in [-0.3, -0.25) is 4.79 Å². The number of aromatic nitrogens is 2. The van der Waals surface area contributed by atoms with Crippen molar-refractivity contribution in [1.82, 2.24) is 9.66 Å². The molecular formula is C27H19BrClN3O5. The maximum absolute atomic E-state index is 13.4. The van der Waals surface area contributed by atoms with Gasteiger partial charge in [0.25, 0.3) is 5.56 Å². The molecule has 0 bridgehead atoms. The van der Waals surface area contributed by atoms with Crippen molar-refractivity contribution >= 4 is 61.6 Å². The van der Waals surface area contributed by atoms with Crippen LogP contribution in [0.15, 0.2) is 85.5 Å². The second kappa shape index (κ2) is 10.2. The van der Waals surface area contributed by atoms with E-state index in [1.807, 2.05) is 6.07 Å². The van der Waals surface area contributed by atoms with Crippen molar-refractivity contribution in [2.24, 2.45) is 5.10 Å². The summed E-state index contributed by atoms with van der Waals surface area (Å²) >= 11 is 9.58. The molecule has 1 atom stereocenters. The molecule has 2 heterocycles. The first-order valence-electron chi connectivity index (χ1n) is 11.1. The topological polar surface area (TPSA) is 95.9 Å². The SMILES string of the molecule is COC(=O)[C@H](C)Oc1ccc(C=Nn2c(-c3cc4cc(Cl)ccc4o3)nc3ccccc3c2=O)cc1Br. The summed E-state index contributed by atoms with van der Waals surface area (Å²) in [7, 11) is 1.30. The summed E-state index contributed by atoms with van der Waals surface area (Å²) in [6, 6.07) is 19.3. The number of nitrogens with zero attached hydrogens (tertiary/aromatic N) is 3. The second-order valence-electron chi connectivity index (χ2n) is 8.08. The van der Waals surface area contributed by atoms with Gasteiger partial charge in [-0.05, 0) is 83.0 Å². The van der Waals surface area contributed by atoms with Gasteiger partial charge >= 0.3 is 5.97 Å². The van der Waals surface area contributed by atoms with E-state index in [0.29, 0.717) is 43.1 Å². The van der Waals surface area contributed by atoms with E-state index in [1.165, 1.54) is 18.0 Å². The Balaban J connectivity index is 1.56. The van der Waals surface area contributed by atoms with Crippen molar-refractivity contribution in [3.8, 4) is 17.3 Å². The molecule has 3 aromatic carbocycles. The van der Waals surface area contributed by atoms with E-state index >= 15 is 0 Å². The first-order chi connectivity index (χ1) is 17.8. The van der Waals surface area contributed by atoms with Gasteiger partial charge in [-0.1, -0.05) is 23.7 Å². The molecule has 0 amide bonds. The van der Waals surface area contributed by atoms with Gasteiger partial charge in [-0.25, -0.2) is 9.78 Å². The van der Waals surface area contributed by atoms with Gasteiger partial charge < -0.3 is 13.9 Å². The van der Waals surface area contributed by atoms with Crippen molar-refractivity contribution < 1.29 is 18.7 Å². The lowest BCUT2D eigenvalue weighted by atomic mass is 10.2. The van der Waals surface area contributed by atoms with E-state index in [0.717, 1.165) is 5.39 Å². The molecule has 0 N–H and O–H groups in total. The van der Waals surface area contributed by atoms with Crippen molar-refractivity contribution in [1.29, 1.82) is 0 Å². The molecule has 0 saturated carbocycles. The Labute approximate surface area is 224 Å². The minimum absolute atomic E-state index is 0.248. The zero-order valence-corrected chi connectivity index (χ0v) is 22.0. The first-order valence-corrected chi connectivity index (χ1v) is 12.3. The lowest BCUT2D eigenvalue weighted by Gasteiger charge is -2.14. The molecule has 0 aliphatic heterocycles. The number of hydrogen-bond acceptors (Lipinski definition) is 7. The fourth-order valence-corrected chi connectivity index (χ4v) is 4.41. The zero-order valence-electron chi connectivity index (χ0n) is 19.6. The largest absolute Gasteiger partial charge is 0.478 e. The van der Waals surface area contributed by atoms with Crippen molar-refractivity contribution in [2.75, 3.05) is 7.11 Å². The monoisotopic (exact) mass is 579 g/mol. The van der Waals surface area contributed by atoms with Crippen LogP contribution < -0.4 is 10.3 Å². The highest BCUT2D eigenvalue weighted by Gasteiger charge is 2.18. The summed E-state index contributed by atoms with van der Waals surface area (Å²) in [5.74, 6) is 0.597. The minimum Gasteiger partial charge on any atom is -0.478 e. The Morgan fingerprint density at radius 3 is 2.76 bits per heavy atom. The van der Waals surface area contributed by atoms with Crippen LogP contribution in [0.5, 0.6) is 5.75 Å². The Hall–Kier alpha value is -3.95. The highest BCUT2D eigenvalue weighted by molar-refractivity contribution is 9.10. The van der Waals surface area contributed by atoms with Gasteiger partial charge in [-0.15, -0.1) is 0 Å². The summed E-state index contributed by atoms with van der Waals surface area (Å²) in [5, 5.41) is 6.23. The summed E-state index contributed by atoms with van der Waals surface area (Å²) in [4.78, 5) is 29.8. The molecule has 186 valence electrons. The molecule has 0 unspecified atom stereocenters. The van der Waals surface area contributed by atoms with E-state index in [9.17, 15) is 9.59 Å². The smallest absolute Gasteiger partial charge is 0.346 e. The lowest BCUT2D eigenvalue weighted by Crippen LogP contribution is -2.25. The number of hydrogen-bond donors (Lipinski definition) is 0. The van der Waals surface area contributed by atoms with Crippen molar-refractivity contribution in [3.63, 3.8) is 0 Å². The number of methoxy groups -OCH3 is 1. The molecule has 0 aliphatic rings. The summed E-state index contributed by atoms with van der Waals surface area (Å²) in [6.45, 7) is 1.60. The predicted molar refractivity (Wildman–Crippen MR) is 145 cm³/mol. The summed E-state index contributed by atoms with van der Waals surface area (Å²) in [5.41, 5.74) is 1.46. The number of esters is 1. The Morgan fingerprint density at radius 1 is 1.16 bits per heavy atom. The van der Waals surface area contributed by atoms with Crippen molar-refractivity contribution in [2.45, 2.75) is 13.0 Å². The van der Waals surface area contributed by atoms with Crippen LogP contribution in [0.2, 0.25) is 5.02 Å². The van der Waals surface area contributed by atoms with Gasteiger partial charge in [0.15, 0.2) is 11.9 Å². The lowest BCUT2D eigenvalue weighted by molar-refractivity contribution is -0.147. The highest BCUT2D eigenvalue weighted by atomic mass is 79.9. The third-order valence-corrected chi connectivity index (χ3v) is 6.42. The quantitative estimate of drug-likeness (QED) is 0.179. The normalized spacial score (nSPS) is 12.3. The van der Waals surface area contributed by atoms with Crippen LogP contribution in [0.4, 0.5) is 0 Å². The van der Waals surface area contributed by atoms with E-state index in [1.54, 1.807) is 67.6 Å². The van der Waals surface area contributed by atoms with Crippen LogP contribution in [0.25, 0.3) is 33.5 Å². The maximum Gasteiger partial charge on any atom is 0.346 e. The minimum atomic E-state index is -0.774. The van der Waals surface area contributed by atoms with Crippen LogP contribution in [-0.2, 0) is 9.53 Å². The van der Waals surface area contributed by atoms with Crippen LogP contribution in [0, 0.1) is 0 Å². The number of furan rings is 1. The second-order valence-corrected chi connectivity index (χ2v) is 9.37. The predicted octanol–water partition coefficient (Wildman–Crippen LogP) is 6.05. The molecular weight excluding hydrogens is 562 g/mol. The van der Waals surface area contributed by atoms with E-state index in [2.05, 4.69) is 26.0 Å². The molecule has 5 rings (SSSR count). The van der Waals surface area contributed by atoms with Gasteiger partial charge in [0.05, 0.1) is 28.7 Å². The molecule has 37 heavy (non-hydrogen) atoms. The number of ether oxygens (including phenoxy) is 2. The van der Waals surface area contributed by atoms with E-state index in [4.69, 9.17) is 25.5 Å². The molecule has 2 aromatic heterocycles. The standard InChI is InChI=1S/C27H19BrClN3O5/c1-15(27(34)35-2)36-23-9-7-16(11-20(23)28)14-30-32-25(31-21-6-4-3-5-19(21)26(32)33)24-13-17-12-18(29)8-10-22(17)37-24/h3-15H,1-2H3/t15-/m0/s1. The average Bonchev–Trinajstić information content (AvgIpc) is 3.32. The molecule has 5 aromatic rings. The number of carbonyl (C=O) groups is 1. The Bertz CT molecular complexity index is 1740. The zero-order chi connectivity index (χ0) is 26.1. The number of rotatable bonds is 6. The van der Waals surface area contributed by atoms with E-state index in [-0.39, 0.29) is 11.4 Å². The number of fused-ring (bicyclic) bond motifs is 2. The number of para-hydroxylation sites is 1. The Kier molecular flexibility index (Phi) is 6.82. The summed E-state index contributed by atoms with van der Waals surface area (Å²) in [6.07, 6.45) is 0.753. The molecule has 10 heteroatoms. The van der Waals surface area contributed by atoms with Crippen LogP contribution in [-0.4, -0.2) is 35.1 Å². The number of halogens is 2. The van der Waals surface area contributed by atoms with Crippen LogP contribution in [0.3, 0.4) is 0 Å². The molecule has 0 spiro atoms. The fourth-order valence-electron chi connectivity index (χ4n) is 3.74. The average molecular weight is 581 g/mol. The van der Waals surface area contributed by atoms with Crippen LogP contribution in [0.1, 0.15) is 12.5 Å². The Morgan fingerprint density at radius 2 is 1.97 bits per heavy atom. The van der Waals surface area contributed by atoms with Gasteiger partial charge in [-0.2, -0.15) is 9.78 Å². The molecule has 0 saturated heterocycles. The van der Waals surface area contributed by atoms with Crippen LogP contribution >= 0.6 is 27.5 Å². The third kappa shape index (κ3) is 5.00.